The van der Waals surface area contributed by atoms with Gasteiger partial charge in [0.15, 0.2) is 0 Å². The second kappa shape index (κ2) is 11.1. The van der Waals surface area contributed by atoms with Crippen LogP contribution in [0, 0.1) is 18.7 Å². The van der Waals surface area contributed by atoms with E-state index >= 15 is 0 Å². The number of fused-ring (bicyclic) bond motifs is 1. The van der Waals surface area contributed by atoms with Gasteiger partial charge in [-0.2, -0.15) is 0 Å². The molecular formula is C29H32FN3O4. The maximum absolute atomic E-state index is 13.7. The average molecular weight is 506 g/mol. The molecule has 0 aliphatic carbocycles. The fourth-order valence-corrected chi connectivity index (χ4v) is 4.42. The van der Waals surface area contributed by atoms with E-state index < -0.39 is 18.0 Å². The summed E-state index contributed by atoms with van der Waals surface area (Å²) in [6, 6.07) is 14.8. The van der Waals surface area contributed by atoms with Gasteiger partial charge in [0.25, 0.3) is 11.8 Å². The number of ether oxygens (including phenoxy) is 1. The molecule has 0 fully saturated rings. The zero-order chi connectivity index (χ0) is 26.7. The van der Waals surface area contributed by atoms with E-state index in [1.165, 1.54) is 23.1 Å². The van der Waals surface area contributed by atoms with Crippen LogP contribution in [0.5, 0.6) is 5.88 Å². The first-order chi connectivity index (χ1) is 17.7. The van der Waals surface area contributed by atoms with E-state index in [4.69, 9.17) is 4.74 Å². The van der Waals surface area contributed by atoms with Gasteiger partial charge in [-0.15, -0.1) is 0 Å². The first-order valence-electron chi connectivity index (χ1n) is 12.3. The highest BCUT2D eigenvalue weighted by atomic mass is 19.1. The van der Waals surface area contributed by atoms with Crippen molar-refractivity contribution in [3.8, 4) is 17.0 Å². The maximum atomic E-state index is 13.7. The Morgan fingerprint density at radius 3 is 2.62 bits per heavy atom. The fourth-order valence-electron chi connectivity index (χ4n) is 4.42. The number of amides is 2. The molecule has 2 heterocycles. The Labute approximate surface area is 216 Å². The van der Waals surface area contributed by atoms with Gasteiger partial charge in [0.05, 0.1) is 19.2 Å². The van der Waals surface area contributed by atoms with Gasteiger partial charge in [0.1, 0.15) is 17.5 Å². The maximum Gasteiger partial charge on any atom is 0.259 e. The van der Waals surface area contributed by atoms with Gasteiger partial charge in [0.2, 0.25) is 5.88 Å². The van der Waals surface area contributed by atoms with Gasteiger partial charge in [-0.25, -0.2) is 9.37 Å². The van der Waals surface area contributed by atoms with E-state index in [9.17, 15) is 19.1 Å². The van der Waals surface area contributed by atoms with Crippen LogP contribution in [0.4, 0.5) is 4.39 Å². The molecule has 8 heteroatoms. The van der Waals surface area contributed by atoms with Gasteiger partial charge >= 0.3 is 0 Å². The number of rotatable bonds is 6. The van der Waals surface area contributed by atoms with E-state index in [1.807, 2.05) is 38.1 Å². The highest BCUT2D eigenvalue weighted by Gasteiger charge is 2.35. The van der Waals surface area contributed by atoms with Gasteiger partial charge in [-0.1, -0.05) is 42.8 Å². The van der Waals surface area contributed by atoms with Crippen molar-refractivity contribution in [2.24, 2.45) is 5.92 Å². The quantitative estimate of drug-likeness (QED) is 0.543. The lowest BCUT2D eigenvalue weighted by Gasteiger charge is -2.37. The molecule has 2 amide bonds. The predicted octanol–water partition coefficient (Wildman–Crippen LogP) is 4.19. The SMILES string of the molecule is Cc1ccc(-c2cnc3c(c2)C(=O)N([C@@H](C)CO)C[C@H](C)[C@@H](CN(C)C(=O)c2cccc(F)c2)O3)cc1. The number of aryl methyl sites for hydroxylation is 1. The topological polar surface area (TPSA) is 83.0 Å². The molecule has 2 aromatic carbocycles. The molecule has 3 aromatic rings. The lowest BCUT2D eigenvalue weighted by Crippen LogP contribution is -2.50. The van der Waals surface area contributed by atoms with Crippen molar-refractivity contribution in [1.82, 2.24) is 14.8 Å². The number of aromatic nitrogens is 1. The molecule has 194 valence electrons. The summed E-state index contributed by atoms with van der Waals surface area (Å²) in [6.45, 7) is 6.06. The Bertz CT molecular complexity index is 1280. The van der Waals surface area contributed by atoms with Crippen molar-refractivity contribution < 1.29 is 23.8 Å². The number of pyridine rings is 1. The smallest absolute Gasteiger partial charge is 0.259 e. The van der Waals surface area contributed by atoms with Crippen molar-refractivity contribution in [2.75, 3.05) is 26.7 Å². The third kappa shape index (κ3) is 5.80. The molecule has 0 saturated carbocycles. The molecule has 0 bridgehead atoms. The van der Waals surface area contributed by atoms with Crippen LogP contribution in [0.2, 0.25) is 0 Å². The molecule has 3 atom stereocenters. The average Bonchev–Trinajstić information content (AvgIpc) is 2.90. The fraction of sp³-hybridized carbons (Fsp3) is 0.345. The summed E-state index contributed by atoms with van der Waals surface area (Å²) in [7, 11) is 1.64. The predicted molar refractivity (Wildman–Crippen MR) is 139 cm³/mol. The summed E-state index contributed by atoms with van der Waals surface area (Å²) >= 11 is 0. The van der Waals surface area contributed by atoms with Crippen molar-refractivity contribution in [2.45, 2.75) is 32.9 Å². The molecule has 7 nitrogen and oxygen atoms in total. The molecule has 1 aromatic heterocycles. The lowest BCUT2D eigenvalue weighted by atomic mass is 9.98. The third-order valence-electron chi connectivity index (χ3n) is 6.78. The molecule has 1 aliphatic rings. The van der Waals surface area contributed by atoms with E-state index in [0.717, 1.165) is 16.7 Å². The Morgan fingerprint density at radius 1 is 1.22 bits per heavy atom. The van der Waals surface area contributed by atoms with Crippen molar-refractivity contribution >= 4 is 11.8 Å². The summed E-state index contributed by atoms with van der Waals surface area (Å²) < 4.78 is 20.0. The van der Waals surface area contributed by atoms with Crippen molar-refractivity contribution in [3.05, 3.63) is 83.3 Å². The summed E-state index contributed by atoms with van der Waals surface area (Å²) in [5.74, 6) is -1.10. The van der Waals surface area contributed by atoms with Crippen LogP contribution >= 0.6 is 0 Å². The summed E-state index contributed by atoms with van der Waals surface area (Å²) in [5, 5.41) is 9.87. The van der Waals surface area contributed by atoms with Crippen LogP contribution < -0.4 is 4.74 Å². The first kappa shape index (κ1) is 26.3. The van der Waals surface area contributed by atoms with Gasteiger partial charge in [0, 0.05) is 36.8 Å². The van der Waals surface area contributed by atoms with Gasteiger partial charge in [-0.3, -0.25) is 9.59 Å². The number of aliphatic hydroxyl groups excluding tert-OH is 1. The molecule has 1 N–H and O–H groups in total. The number of halogens is 1. The minimum Gasteiger partial charge on any atom is -0.472 e. The summed E-state index contributed by atoms with van der Waals surface area (Å²) in [4.78, 5) is 34.2. The number of benzene rings is 2. The lowest BCUT2D eigenvalue weighted by molar-refractivity contribution is 0.0313. The number of carbonyl (C=O) groups excluding carboxylic acids is 2. The number of aliphatic hydroxyl groups is 1. The standard InChI is InChI=1S/C29H32FN3O4/c1-18-8-10-21(11-9-18)23-13-25-27(31-14-23)37-26(19(2)15-33(29(25)36)20(3)17-34)16-32(4)28(35)22-6-5-7-24(30)12-22/h5-14,19-20,26,34H,15-17H2,1-4H3/t19-,20-,26+/m0/s1. The molecule has 1 aliphatic heterocycles. The van der Waals surface area contributed by atoms with Crippen LogP contribution in [0.15, 0.2) is 60.8 Å². The Kier molecular flexibility index (Phi) is 7.88. The number of likely N-dealkylation sites (N-methyl/N-ethyl adjacent to an activating group) is 1. The van der Waals surface area contributed by atoms with Crippen LogP contribution in [0.1, 0.15) is 40.1 Å². The number of hydrogen-bond donors (Lipinski definition) is 1. The minimum absolute atomic E-state index is 0.180. The second-order valence-corrected chi connectivity index (χ2v) is 9.76. The molecular weight excluding hydrogens is 473 g/mol. The third-order valence-corrected chi connectivity index (χ3v) is 6.78. The molecule has 4 rings (SSSR count). The second-order valence-electron chi connectivity index (χ2n) is 9.76. The highest BCUT2D eigenvalue weighted by molar-refractivity contribution is 5.98. The zero-order valence-electron chi connectivity index (χ0n) is 21.5. The van der Waals surface area contributed by atoms with Crippen LogP contribution in [-0.2, 0) is 0 Å². The normalized spacial score (nSPS) is 18.3. The molecule has 0 spiro atoms. The summed E-state index contributed by atoms with van der Waals surface area (Å²) in [6.07, 6.45) is 1.17. The molecule has 0 radical (unpaired) electrons. The van der Waals surface area contributed by atoms with Gasteiger partial charge in [-0.05, 0) is 43.7 Å². The largest absolute Gasteiger partial charge is 0.472 e. The Balaban J connectivity index is 1.68. The first-order valence-corrected chi connectivity index (χ1v) is 12.3. The summed E-state index contributed by atoms with van der Waals surface area (Å²) in [5.41, 5.74) is 3.36. The zero-order valence-corrected chi connectivity index (χ0v) is 21.5. The van der Waals surface area contributed by atoms with Crippen molar-refractivity contribution in [3.63, 3.8) is 0 Å². The number of hydrogen-bond acceptors (Lipinski definition) is 5. The van der Waals surface area contributed by atoms with Crippen molar-refractivity contribution in [1.29, 1.82) is 0 Å². The van der Waals surface area contributed by atoms with Crippen LogP contribution in [0.25, 0.3) is 11.1 Å². The molecule has 37 heavy (non-hydrogen) atoms. The minimum atomic E-state index is -0.500. The van der Waals surface area contributed by atoms with E-state index in [1.54, 1.807) is 37.2 Å². The van der Waals surface area contributed by atoms with Crippen LogP contribution in [0.3, 0.4) is 0 Å². The number of carbonyl (C=O) groups is 2. The monoisotopic (exact) mass is 505 g/mol. The number of nitrogens with zero attached hydrogens (tertiary/aromatic N) is 3. The van der Waals surface area contributed by atoms with E-state index in [2.05, 4.69) is 4.98 Å². The Morgan fingerprint density at radius 2 is 1.95 bits per heavy atom. The van der Waals surface area contributed by atoms with Gasteiger partial charge < -0.3 is 19.6 Å². The molecule has 0 saturated heterocycles. The van der Waals surface area contributed by atoms with E-state index in [-0.39, 0.29) is 42.3 Å². The Hall–Kier alpha value is -3.78. The van der Waals surface area contributed by atoms with E-state index in [0.29, 0.717) is 12.1 Å². The molecule has 0 unspecified atom stereocenters. The highest BCUT2D eigenvalue weighted by Crippen LogP contribution is 2.30. The van der Waals surface area contributed by atoms with Crippen LogP contribution in [-0.4, -0.2) is 70.6 Å².